The van der Waals surface area contributed by atoms with E-state index in [0.717, 1.165) is 13.1 Å². The van der Waals surface area contributed by atoms with E-state index in [2.05, 4.69) is 0 Å². The van der Waals surface area contributed by atoms with Gasteiger partial charge >= 0.3 is 0 Å². The van der Waals surface area contributed by atoms with Crippen molar-refractivity contribution in [2.45, 2.75) is 12.8 Å². The Morgan fingerprint density at radius 3 is 1.80 bits per heavy atom. The van der Waals surface area contributed by atoms with Gasteiger partial charge in [-0.2, -0.15) is 10.5 Å². The van der Waals surface area contributed by atoms with Crippen LogP contribution < -0.4 is 5.90 Å². The summed E-state index contributed by atoms with van der Waals surface area (Å²) in [6.07, 6.45) is 2.49. The first-order valence-corrected chi connectivity index (χ1v) is 3.00. The molecule has 1 fully saturated rings. The number of nitrogens with zero attached hydrogens (tertiary/aromatic N) is 1. The van der Waals surface area contributed by atoms with Gasteiger partial charge in [-0.3, -0.25) is 0 Å². The zero-order chi connectivity index (χ0) is 6.04. The molecule has 0 bridgehead atoms. The molecule has 0 aromatic carbocycles. The van der Waals surface area contributed by atoms with E-state index >= 15 is 0 Å². The molecule has 2 N–H and O–H groups in total. The predicted molar refractivity (Wildman–Crippen MR) is 44.9 cm³/mol. The molecule has 0 unspecified atom stereocenters. The topological polar surface area (TPSA) is 35.2 Å². The summed E-state index contributed by atoms with van der Waals surface area (Å²) in [7, 11) is 2.01. The fourth-order valence-corrected chi connectivity index (χ4v) is 1.11. The van der Waals surface area contributed by atoms with Gasteiger partial charge in [0.05, 0.1) is 0 Å². The fourth-order valence-electron chi connectivity index (χ4n) is 1.11. The van der Waals surface area contributed by atoms with Gasteiger partial charge in [-0.05, 0) is 0 Å². The summed E-state index contributed by atoms with van der Waals surface area (Å²) in [5, 5.41) is 0. The lowest BCUT2D eigenvalue weighted by atomic mass is 10.4. The van der Waals surface area contributed by atoms with Crippen LogP contribution in [0.1, 0.15) is 12.8 Å². The maximum Gasteiger partial charge on any atom is 0.111 e. The minimum absolute atomic E-state index is 0. The first kappa shape index (κ1) is 13.1. The van der Waals surface area contributed by atoms with E-state index in [1.165, 1.54) is 12.8 Å². The van der Waals surface area contributed by atoms with Crippen molar-refractivity contribution in [3.8, 4) is 0 Å². The number of nitrogens with two attached hydrogens (primary N) is 1. The summed E-state index contributed by atoms with van der Waals surface area (Å²) >= 11 is 0. The molecule has 0 aromatic heterocycles. The lowest BCUT2D eigenvalue weighted by Crippen LogP contribution is -2.42. The van der Waals surface area contributed by atoms with Crippen molar-refractivity contribution in [2.24, 2.45) is 5.90 Å². The molecule has 64 valence electrons. The molecule has 1 heterocycles. The van der Waals surface area contributed by atoms with Crippen LogP contribution in [0.5, 0.6) is 0 Å². The predicted octanol–water partition coefficient (Wildman–Crippen LogP) is 0.876. The Kier molecular flexibility index (Phi) is 6.74. The Labute approximate surface area is 73.8 Å². The third-order valence-electron chi connectivity index (χ3n) is 1.77. The highest BCUT2D eigenvalue weighted by Crippen LogP contribution is 2.14. The maximum absolute atomic E-state index is 5.04. The number of hydroxylamine groups is 3. The molecular weight excluding hydrogens is 175 g/mol. The van der Waals surface area contributed by atoms with Gasteiger partial charge in [-0.1, -0.05) is 0 Å². The van der Waals surface area contributed by atoms with E-state index < -0.39 is 0 Å². The van der Waals surface area contributed by atoms with E-state index in [-0.39, 0.29) is 24.8 Å². The van der Waals surface area contributed by atoms with Crippen molar-refractivity contribution in [3.63, 3.8) is 0 Å². The third kappa shape index (κ3) is 3.03. The fraction of sp³-hybridized carbons (Fsp3) is 1.00. The van der Waals surface area contributed by atoms with Crippen molar-refractivity contribution < 1.29 is 9.58 Å². The molecule has 1 aliphatic rings. The number of quaternary nitrogens is 1. The Morgan fingerprint density at radius 2 is 1.60 bits per heavy atom. The molecule has 0 aromatic rings. The van der Waals surface area contributed by atoms with E-state index in [1.54, 1.807) is 0 Å². The van der Waals surface area contributed by atoms with E-state index in [1.807, 2.05) is 7.05 Å². The Morgan fingerprint density at radius 1 is 1.20 bits per heavy atom. The molecule has 10 heavy (non-hydrogen) atoms. The van der Waals surface area contributed by atoms with Gasteiger partial charge in [0.1, 0.15) is 20.1 Å². The summed E-state index contributed by atoms with van der Waals surface area (Å²) in [6.45, 7) is 2.13. The highest BCUT2D eigenvalue weighted by atomic mass is 35.5. The Balaban J connectivity index is 0. The van der Waals surface area contributed by atoms with Gasteiger partial charge in [0, 0.05) is 12.8 Å². The van der Waals surface area contributed by atoms with Crippen LogP contribution in [0.3, 0.4) is 0 Å². The summed E-state index contributed by atoms with van der Waals surface area (Å²) in [5.41, 5.74) is 0. The average Bonchev–Trinajstić information content (AvgIpc) is 2.17. The number of hydrogen-bond acceptors (Lipinski definition) is 2. The molecule has 5 heteroatoms. The quantitative estimate of drug-likeness (QED) is 0.492. The van der Waals surface area contributed by atoms with Crippen LogP contribution in [0.2, 0.25) is 0 Å². The normalized spacial score (nSPS) is 21.0. The lowest BCUT2D eigenvalue weighted by Gasteiger charge is -2.21. The zero-order valence-electron chi connectivity index (χ0n) is 6.08. The molecule has 3 nitrogen and oxygen atoms in total. The molecule has 0 spiro atoms. The summed E-state index contributed by atoms with van der Waals surface area (Å²) < 4.78 is 0.597. The van der Waals surface area contributed by atoms with Crippen molar-refractivity contribution in [3.05, 3.63) is 0 Å². The second kappa shape index (κ2) is 5.16. The number of hydrogen-bond donors (Lipinski definition) is 1. The number of halogens is 2. The number of likely N-dealkylation sites (tertiary alicyclic amines) is 1. The molecule has 0 saturated carbocycles. The first-order valence-electron chi connectivity index (χ1n) is 3.00. The summed E-state index contributed by atoms with van der Waals surface area (Å²) in [4.78, 5) is 4.74. The van der Waals surface area contributed by atoms with E-state index in [0.29, 0.717) is 4.65 Å². The van der Waals surface area contributed by atoms with E-state index in [4.69, 9.17) is 10.8 Å². The van der Waals surface area contributed by atoms with Crippen molar-refractivity contribution >= 4 is 24.8 Å². The number of rotatable bonds is 1. The minimum Gasteiger partial charge on any atom is -0.162 e. The van der Waals surface area contributed by atoms with Crippen LogP contribution in [0.4, 0.5) is 0 Å². The van der Waals surface area contributed by atoms with Crippen LogP contribution in [0, 0.1) is 0 Å². The van der Waals surface area contributed by atoms with Crippen LogP contribution >= 0.6 is 24.8 Å². The van der Waals surface area contributed by atoms with Crippen LogP contribution in [-0.4, -0.2) is 24.8 Å². The molecule has 0 aliphatic carbocycles. The summed E-state index contributed by atoms with van der Waals surface area (Å²) in [5.74, 6) is 5.04. The van der Waals surface area contributed by atoms with Gasteiger partial charge in [0.25, 0.3) is 0 Å². The van der Waals surface area contributed by atoms with Crippen LogP contribution in [-0.2, 0) is 4.94 Å². The van der Waals surface area contributed by atoms with Crippen molar-refractivity contribution in [1.82, 2.24) is 0 Å². The zero-order valence-corrected chi connectivity index (χ0v) is 7.71. The van der Waals surface area contributed by atoms with Gasteiger partial charge in [-0.15, -0.1) is 29.8 Å². The van der Waals surface area contributed by atoms with Gasteiger partial charge in [0.2, 0.25) is 0 Å². The van der Waals surface area contributed by atoms with Crippen LogP contribution in [0.25, 0.3) is 0 Å². The SMILES string of the molecule is C[N+]1(ON)CCCC1.Cl.Cl. The molecule has 0 amide bonds. The van der Waals surface area contributed by atoms with E-state index in [9.17, 15) is 0 Å². The molecular formula is C5H15Cl2N2O+. The summed E-state index contributed by atoms with van der Waals surface area (Å²) in [6, 6.07) is 0. The standard InChI is InChI=1S/C5H13N2O.2ClH/c1-7(8-6)4-2-3-5-7;;/h2-6H2,1H3;2*1H/q+1;;. The Bertz CT molecular complexity index is 85.7. The maximum atomic E-state index is 5.04. The molecule has 0 atom stereocenters. The molecule has 0 radical (unpaired) electrons. The highest BCUT2D eigenvalue weighted by Gasteiger charge is 2.27. The Hall–Kier alpha value is 0.460. The second-order valence-corrected chi connectivity index (χ2v) is 2.56. The minimum atomic E-state index is 0. The van der Waals surface area contributed by atoms with Gasteiger partial charge in [0.15, 0.2) is 0 Å². The average molecular weight is 190 g/mol. The molecule has 1 saturated heterocycles. The lowest BCUT2D eigenvalue weighted by molar-refractivity contribution is -1.09. The van der Waals surface area contributed by atoms with Crippen LogP contribution in [0.15, 0.2) is 0 Å². The van der Waals surface area contributed by atoms with Gasteiger partial charge in [-0.25, -0.2) is 0 Å². The second-order valence-electron chi connectivity index (χ2n) is 2.56. The van der Waals surface area contributed by atoms with Crippen molar-refractivity contribution in [1.29, 1.82) is 0 Å². The largest absolute Gasteiger partial charge is 0.162 e. The first-order chi connectivity index (χ1) is 3.77. The van der Waals surface area contributed by atoms with Crippen molar-refractivity contribution in [2.75, 3.05) is 20.1 Å². The molecule has 1 rings (SSSR count). The molecule has 1 aliphatic heterocycles. The van der Waals surface area contributed by atoms with Gasteiger partial charge < -0.3 is 0 Å². The third-order valence-corrected chi connectivity index (χ3v) is 1.77. The monoisotopic (exact) mass is 189 g/mol. The smallest absolute Gasteiger partial charge is 0.111 e. The highest BCUT2D eigenvalue weighted by molar-refractivity contribution is 5.85.